The first kappa shape index (κ1) is 19.9. The molecule has 0 atom stereocenters. The highest BCUT2D eigenvalue weighted by Gasteiger charge is 2.30. The Morgan fingerprint density at radius 2 is 1.48 bits per heavy atom. The molecule has 144 valence electrons. The molecule has 2 aromatic rings. The second-order valence-electron chi connectivity index (χ2n) is 5.23. The Morgan fingerprint density at radius 3 is 1.89 bits per heavy atom. The average Bonchev–Trinajstić information content (AvgIpc) is 2.60. The summed E-state index contributed by atoms with van der Waals surface area (Å²) in [6.07, 6.45) is -4.74. The molecule has 0 aliphatic rings. The molecule has 0 aliphatic heterocycles. The molecule has 0 aromatic heterocycles. The molecule has 0 bridgehead atoms. The first-order chi connectivity index (χ1) is 12.7. The molecule has 2 rings (SSSR count). The second-order valence-corrected chi connectivity index (χ2v) is 5.23. The molecular weight excluding hydrogens is 367 g/mol. The maximum Gasteiger partial charge on any atom is 0.573 e. The molecule has 0 fully saturated rings. The van der Waals surface area contributed by atoms with Gasteiger partial charge in [0.15, 0.2) is 5.70 Å². The highest BCUT2D eigenvalue weighted by Crippen LogP contribution is 2.27. The number of alkyl halides is 3. The molecular formula is C17H16F3N3O4. The Hall–Kier alpha value is -3.40. The van der Waals surface area contributed by atoms with Gasteiger partial charge >= 0.3 is 12.3 Å². The maximum atomic E-state index is 12.2. The van der Waals surface area contributed by atoms with Crippen LogP contribution in [0.5, 0.6) is 11.5 Å². The lowest BCUT2D eigenvalue weighted by atomic mass is 10.1. The largest absolute Gasteiger partial charge is 0.573 e. The number of carbonyl (C=O) groups is 1. The number of ether oxygens (including phenoxy) is 2. The lowest BCUT2D eigenvalue weighted by Gasteiger charge is -2.11. The highest BCUT2D eigenvalue weighted by molar-refractivity contribution is 5.86. The summed E-state index contributed by atoms with van der Waals surface area (Å²) in [6.45, 7) is -0.200. The van der Waals surface area contributed by atoms with Crippen molar-refractivity contribution in [3.63, 3.8) is 0 Å². The first-order valence-electron chi connectivity index (χ1n) is 7.47. The van der Waals surface area contributed by atoms with Crippen LogP contribution < -0.4 is 26.5 Å². The van der Waals surface area contributed by atoms with Gasteiger partial charge in [-0.15, -0.1) is 13.2 Å². The van der Waals surface area contributed by atoms with E-state index < -0.39 is 12.3 Å². The van der Waals surface area contributed by atoms with E-state index in [1.165, 1.54) is 24.3 Å². The normalized spacial score (nSPS) is 12.1. The van der Waals surface area contributed by atoms with Crippen LogP contribution in [0.3, 0.4) is 0 Å². The van der Waals surface area contributed by atoms with Gasteiger partial charge in [-0.3, -0.25) is 5.84 Å². The van der Waals surface area contributed by atoms with Gasteiger partial charge in [-0.05, 0) is 35.4 Å². The number of nitrogens with one attached hydrogen (secondary N) is 1. The number of nitrogens with two attached hydrogens (primary N) is 2. The summed E-state index contributed by atoms with van der Waals surface area (Å²) in [4.78, 5) is 10.9. The Balaban J connectivity index is 2.04. The van der Waals surface area contributed by atoms with Crippen LogP contribution in [0.4, 0.5) is 13.2 Å². The molecule has 27 heavy (non-hydrogen) atoms. The number of aliphatic carboxylic acids is 1. The molecule has 6 N–H and O–H groups in total. The monoisotopic (exact) mass is 383 g/mol. The van der Waals surface area contributed by atoms with E-state index in [0.717, 1.165) is 5.56 Å². The van der Waals surface area contributed by atoms with E-state index >= 15 is 0 Å². The molecule has 0 saturated heterocycles. The Labute approximate surface area is 152 Å². The average molecular weight is 383 g/mol. The Morgan fingerprint density at radius 1 is 1.00 bits per heavy atom. The van der Waals surface area contributed by atoms with Crippen LogP contribution in [0, 0.1) is 0 Å². The lowest BCUT2D eigenvalue weighted by molar-refractivity contribution is -0.274. The third-order valence-corrected chi connectivity index (χ3v) is 3.35. The van der Waals surface area contributed by atoms with E-state index in [-0.39, 0.29) is 23.8 Å². The third-order valence-electron chi connectivity index (χ3n) is 3.35. The lowest BCUT2D eigenvalue weighted by Crippen LogP contribution is -2.31. The number of halogens is 3. The summed E-state index contributed by atoms with van der Waals surface area (Å²) in [5.74, 6) is 3.87. The van der Waals surface area contributed by atoms with Gasteiger partial charge in [0.25, 0.3) is 0 Å². The molecule has 10 heteroatoms. The predicted octanol–water partition coefficient (Wildman–Crippen LogP) is 2.35. The summed E-state index contributed by atoms with van der Waals surface area (Å²) >= 11 is 0. The molecule has 2 aromatic carbocycles. The van der Waals surface area contributed by atoms with Crippen LogP contribution in [0.15, 0.2) is 59.9 Å². The quantitative estimate of drug-likeness (QED) is 0.329. The van der Waals surface area contributed by atoms with E-state index in [0.29, 0.717) is 11.3 Å². The Bertz CT molecular complexity index is 819. The Kier molecular flexibility index (Phi) is 6.14. The molecule has 0 spiro atoms. The van der Waals surface area contributed by atoms with Crippen molar-refractivity contribution in [2.45, 2.75) is 6.36 Å². The maximum absolute atomic E-state index is 12.2. The highest BCUT2D eigenvalue weighted by atomic mass is 19.4. The summed E-state index contributed by atoms with van der Waals surface area (Å²) < 4.78 is 45.7. The van der Waals surface area contributed by atoms with Crippen molar-refractivity contribution < 1.29 is 32.5 Å². The minimum atomic E-state index is -4.74. The molecule has 0 unspecified atom stereocenters. The van der Waals surface area contributed by atoms with Crippen molar-refractivity contribution in [3.8, 4) is 22.6 Å². The number of carboxylic acid groups (broad SMARTS) is 1. The molecule has 0 heterocycles. The van der Waals surface area contributed by atoms with Crippen LogP contribution in [-0.2, 0) is 4.79 Å². The van der Waals surface area contributed by atoms with E-state index in [1.54, 1.807) is 24.3 Å². The molecule has 7 nitrogen and oxygen atoms in total. The standard InChI is InChI=1S/C17H16F3N3O4/c18-17(19,20)27-13-7-3-11(4-8-13)10-1-5-12(6-2-10)26-9-14(21)15(23-22)16(24)25/h1-8,23H,9,21-22H2,(H,24,25)/b15-14-. The van der Waals surface area contributed by atoms with Crippen molar-refractivity contribution in [2.24, 2.45) is 11.6 Å². The fraction of sp³-hybridized carbons (Fsp3) is 0.118. The molecule has 0 radical (unpaired) electrons. The zero-order valence-corrected chi connectivity index (χ0v) is 13.8. The van der Waals surface area contributed by atoms with Crippen molar-refractivity contribution in [1.29, 1.82) is 0 Å². The fourth-order valence-electron chi connectivity index (χ4n) is 2.12. The van der Waals surface area contributed by atoms with Gasteiger partial charge in [0.05, 0.1) is 5.70 Å². The zero-order valence-electron chi connectivity index (χ0n) is 13.8. The van der Waals surface area contributed by atoms with E-state index in [9.17, 15) is 18.0 Å². The number of carboxylic acids is 1. The SMILES string of the molecule is NN/C(C(=O)O)=C(\N)COc1ccc(-c2ccc(OC(F)(F)F)cc2)cc1. The van der Waals surface area contributed by atoms with E-state index in [1.807, 2.05) is 5.43 Å². The van der Waals surface area contributed by atoms with Gasteiger partial charge in [0.2, 0.25) is 0 Å². The number of hydrazine groups is 1. The second kappa shape index (κ2) is 8.32. The molecule has 0 saturated carbocycles. The summed E-state index contributed by atoms with van der Waals surface area (Å²) in [5.41, 5.74) is 8.53. The summed E-state index contributed by atoms with van der Waals surface area (Å²) in [7, 11) is 0. The predicted molar refractivity (Wildman–Crippen MR) is 90.2 cm³/mol. The van der Waals surface area contributed by atoms with Crippen molar-refractivity contribution in [1.82, 2.24) is 5.43 Å². The van der Waals surface area contributed by atoms with Gasteiger partial charge in [0.1, 0.15) is 18.1 Å². The minimum absolute atomic E-state index is 0.0886. The van der Waals surface area contributed by atoms with Crippen molar-refractivity contribution >= 4 is 5.97 Å². The molecule has 0 aliphatic carbocycles. The topological polar surface area (TPSA) is 120 Å². The van der Waals surface area contributed by atoms with Crippen LogP contribution in [0.1, 0.15) is 0 Å². The first-order valence-corrected chi connectivity index (χ1v) is 7.47. The van der Waals surface area contributed by atoms with E-state index in [4.69, 9.17) is 21.4 Å². The van der Waals surface area contributed by atoms with Gasteiger partial charge in [-0.2, -0.15) is 0 Å². The van der Waals surface area contributed by atoms with Crippen molar-refractivity contribution in [3.05, 3.63) is 59.9 Å². The van der Waals surface area contributed by atoms with Gasteiger partial charge in [-0.25, -0.2) is 4.79 Å². The van der Waals surface area contributed by atoms with Gasteiger partial charge < -0.3 is 25.7 Å². The number of hydrogen-bond acceptors (Lipinski definition) is 6. The van der Waals surface area contributed by atoms with E-state index in [2.05, 4.69) is 4.74 Å². The fourth-order valence-corrected chi connectivity index (χ4v) is 2.12. The summed E-state index contributed by atoms with van der Waals surface area (Å²) in [6, 6.07) is 12.0. The number of benzene rings is 2. The number of hydrogen-bond donors (Lipinski definition) is 4. The van der Waals surface area contributed by atoms with Crippen LogP contribution in [-0.4, -0.2) is 24.0 Å². The van der Waals surface area contributed by atoms with Crippen LogP contribution in [0.2, 0.25) is 0 Å². The number of rotatable bonds is 7. The van der Waals surface area contributed by atoms with Crippen molar-refractivity contribution in [2.75, 3.05) is 6.61 Å². The summed E-state index contributed by atoms with van der Waals surface area (Å²) in [5, 5.41) is 8.88. The zero-order chi connectivity index (χ0) is 20.0. The van der Waals surface area contributed by atoms with Gasteiger partial charge in [-0.1, -0.05) is 24.3 Å². The minimum Gasteiger partial charge on any atom is -0.487 e. The van der Waals surface area contributed by atoms with Crippen LogP contribution in [0.25, 0.3) is 11.1 Å². The van der Waals surface area contributed by atoms with Gasteiger partial charge in [0, 0.05) is 0 Å². The smallest absolute Gasteiger partial charge is 0.487 e. The third kappa shape index (κ3) is 5.82. The molecule has 0 amide bonds. The van der Waals surface area contributed by atoms with Crippen LogP contribution >= 0.6 is 0 Å².